The second-order valence-corrected chi connectivity index (χ2v) is 9.50. The second-order valence-electron chi connectivity index (χ2n) is 7.81. The van der Waals surface area contributed by atoms with Gasteiger partial charge in [0.25, 0.3) is 0 Å². The van der Waals surface area contributed by atoms with Gasteiger partial charge >= 0.3 is 0 Å². The molecule has 0 aliphatic heterocycles. The molecule has 1 rings (SSSR count). The highest BCUT2D eigenvalue weighted by atomic mass is 32.2. The normalized spacial score (nSPS) is 12.0. The van der Waals surface area contributed by atoms with Gasteiger partial charge in [-0.3, -0.25) is 0 Å². The Hall–Kier alpha value is -0.910. The third-order valence-corrected chi connectivity index (χ3v) is 7.28. The molecule has 0 aliphatic carbocycles. The van der Waals surface area contributed by atoms with Crippen LogP contribution in [0.1, 0.15) is 109 Å². The fourth-order valence-electron chi connectivity index (χ4n) is 4.02. The highest BCUT2D eigenvalue weighted by Gasteiger charge is 2.40. The average molecular weight is 414 g/mol. The van der Waals surface area contributed by atoms with Crippen molar-refractivity contribution in [1.82, 2.24) is 6.15 Å². The second kappa shape index (κ2) is 13.3. The van der Waals surface area contributed by atoms with Crippen molar-refractivity contribution in [2.75, 3.05) is 0 Å². The van der Waals surface area contributed by atoms with Crippen molar-refractivity contribution in [3.05, 3.63) is 34.9 Å². The van der Waals surface area contributed by atoms with E-state index in [-0.39, 0.29) is 6.15 Å². The lowest BCUT2D eigenvalue weighted by molar-refractivity contribution is 0.369. The highest BCUT2D eigenvalue weighted by molar-refractivity contribution is 7.86. The van der Waals surface area contributed by atoms with Crippen molar-refractivity contribution < 1.29 is 13.0 Å². The number of quaternary nitrogens is 1. The molecule has 164 valence electrons. The van der Waals surface area contributed by atoms with Gasteiger partial charge in [0.1, 0.15) is 10.1 Å². The van der Waals surface area contributed by atoms with Crippen molar-refractivity contribution in [2.24, 2.45) is 0 Å². The van der Waals surface area contributed by atoms with Crippen molar-refractivity contribution in [1.29, 1.82) is 0 Å². The molecule has 0 aliphatic rings. The summed E-state index contributed by atoms with van der Waals surface area (Å²) in [7, 11) is -4.46. The van der Waals surface area contributed by atoms with Gasteiger partial charge in [0.05, 0.1) is 4.75 Å². The monoisotopic (exact) mass is 413 g/mol. The van der Waals surface area contributed by atoms with Gasteiger partial charge in [-0.1, -0.05) is 84.4 Å². The molecular formula is C23H43NO3S. The van der Waals surface area contributed by atoms with Gasteiger partial charge in [-0.2, -0.15) is 0 Å². The fourth-order valence-corrected chi connectivity index (χ4v) is 5.26. The third-order valence-electron chi connectivity index (χ3n) is 5.69. The molecule has 1 aromatic rings. The molecule has 0 unspecified atom stereocenters. The standard InChI is InChI=1S/C23H40O3S.H3N/c1-5-9-14-20-15-13-17-22(21(20)16-10-6-2)23(18-11-7-3,19-12-8-4)27(24,25)26;/h13,15,17H,5-12,14,16,18-19H2,1-4H3,(H,24,25,26);1H3. The maximum Gasteiger partial charge on any atom is 0.105 e. The summed E-state index contributed by atoms with van der Waals surface area (Å²) < 4.78 is 36.7. The topological polar surface area (TPSA) is 93.7 Å². The van der Waals surface area contributed by atoms with E-state index in [1.165, 1.54) is 5.56 Å². The van der Waals surface area contributed by atoms with E-state index in [4.69, 9.17) is 0 Å². The summed E-state index contributed by atoms with van der Waals surface area (Å²) >= 11 is 0. The van der Waals surface area contributed by atoms with Crippen LogP contribution in [0.2, 0.25) is 0 Å². The third kappa shape index (κ3) is 6.85. The summed E-state index contributed by atoms with van der Waals surface area (Å²) in [5.74, 6) is 0. The number of benzene rings is 1. The number of rotatable bonds is 14. The molecule has 0 saturated carbocycles. The van der Waals surface area contributed by atoms with Crippen LogP contribution in [-0.2, 0) is 27.7 Å². The number of hydrogen-bond acceptors (Lipinski definition) is 3. The summed E-state index contributed by atoms with van der Waals surface area (Å²) in [6, 6.07) is 6.03. The quantitative estimate of drug-likeness (QED) is 0.337. The van der Waals surface area contributed by atoms with E-state index in [0.29, 0.717) is 12.8 Å². The lowest BCUT2D eigenvalue weighted by atomic mass is 9.81. The first-order valence-electron chi connectivity index (χ1n) is 10.9. The Morgan fingerprint density at radius 1 is 0.821 bits per heavy atom. The summed E-state index contributed by atoms with van der Waals surface area (Å²) in [6.45, 7) is 8.43. The van der Waals surface area contributed by atoms with Gasteiger partial charge < -0.3 is 10.7 Å². The van der Waals surface area contributed by atoms with E-state index in [9.17, 15) is 13.0 Å². The van der Waals surface area contributed by atoms with Crippen molar-refractivity contribution in [3.8, 4) is 0 Å². The van der Waals surface area contributed by atoms with Crippen LogP contribution in [0.5, 0.6) is 0 Å². The first-order chi connectivity index (χ1) is 12.9. The first kappa shape index (κ1) is 27.1. The van der Waals surface area contributed by atoms with Gasteiger partial charge in [0.2, 0.25) is 0 Å². The lowest BCUT2D eigenvalue weighted by Crippen LogP contribution is -2.37. The zero-order chi connectivity index (χ0) is 20.3. The van der Waals surface area contributed by atoms with Crippen LogP contribution in [0.4, 0.5) is 0 Å². The Labute approximate surface area is 173 Å². The van der Waals surface area contributed by atoms with E-state index in [0.717, 1.165) is 75.3 Å². The van der Waals surface area contributed by atoms with Crippen LogP contribution >= 0.6 is 0 Å². The molecule has 0 atom stereocenters. The van der Waals surface area contributed by atoms with Crippen LogP contribution in [0.25, 0.3) is 0 Å². The molecule has 0 heterocycles. The molecule has 4 nitrogen and oxygen atoms in total. The number of unbranched alkanes of at least 4 members (excludes halogenated alkanes) is 4. The minimum Gasteiger partial charge on any atom is -0.747 e. The van der Waals surface area contributed by atoms with Gasteiger partial charge in [-0.25, -0.2) is 8.42 Å². The molecular weight excluding hydrogens is 370 g/mol. The Bertz CT molecular complexity index is 648. The predicted molar refractivity (Wildman–Crippen MR) is 120 cm³/mol. The Balaban J connectivity index is 0.00000729. The zero-order valence-corrected chi connectivity index (χ0v) is 19.7. The maximum absolute atomic E-state index is 12.7. The molecule has 0 bridgehead atoms. The van der Waals surface area contributed by atoms with Gasteiger partial charge in [-0.15, -0.1) is 0 Å². The molecule has 0 aromatic heterocycles. The smallest absolute Gasteiger partial charge is 0.105 e. The van der Waals surface area contributed by atoms with Crippen LogP contribution in [0.3, 0.4) is 0 Å². The van der Waals surface area contributed by atoms with E-state index < -0.39 is 14.9 Å². The molecule has 4 N–H and O–H groups in total. The average Bonchev–Trinajstić information content (AvgIpc) is 2.64. The number of hydrogen-bond donors (Lipinski definition) is 1. The molecule has 0 fully saturated rings. The van der Waals surface area contributed by atoms with Crippen LogP contribution in [0.15, 0.2) is 18.2 Å². The summed E-state index contributed by atoms with van der Waals surface area (Å²) in [5, 5.41) is 0. The van der Waals surface area contributed by atoms with Crippen molar-refractivity contribution >= 4 is 10.1 Å². The maximum atomic E-state index is 12.7. The van der Waals surface area contributed by atoms with E-state index in [2.05, 4.69) is 33.8 Å². The van der Waals surface area contributed by atoms with E-state index in [1.807, 2.05) is 12.1 Å². The molecule has 1 aromatic carbocycles. The summed E-state index contributed by atoms with van der Waals surface area (Å²) in [4.78, 5) is 0. The first-order valence-corrected chi connectivity index (χ1v) is 12.3. The van der Waals surface area contributed by atoms with Crippen LogP contribution in [0, 0.1) is 0 Å². The van der Waals surface area contributed by atoms with Gasteiger partial charge in [0, 0.05) is 0 Å². The largest absolute Gasteiger partial charge is 0.747 e. The van der Waals surface area contributed by atoms with Crippen LogP contribution < -0.4 is 6.15 Å². The molecule has 0 radical (unpaired) electrons. The number of aryl methyl sites for hydroxylation is 1. The predicted octanol–water partition coefficient (Wildman–Crippen LogP) is 6.87. The highest BCUT2D eigenvalue weighted by Crippen LogP contribution is 2.43. The molecule has 0 saturated heterocycles. The SMILES string of the molecule is CCCCc1cccc(C(CCCC)(CCCC)S(=O)(=O)[O-])c1CCCC.[NH4+]. The van der Waals surface area contributed by atoms with Crippen LogP contribution in [-0.4, -0.2) is 13.0 Å². The zero-order valence-electron chi connectivity index (χ0n) is 18.9. The molecule has 28 heavy (non-hydrogen) atoms. The molecule has 0 spiro atoms. The van der Waals surface area contributed by atoms with E-state index >= 15 is 0 Å². The fraction of sp³-hybridized carbons (Fsp3) is 0.739. The summed E-state index contributed by atoms with van der Waals surface area (Å²) in [5.41, 5.74) is 3.18. The Morgan fingerprint density at radius 2 is 1.32 bits per heavy atom. The van der Waals surface area contributed by atoms with Gasteiger partial charge in [0.15, 0.2) is 0 Å². The molecule has 5 heteroatoms. The Kier molecular flexibility index (Phi) is 12.9. The molecule has 0 amide bonds. The Morgan fingerprint density at radius 3 is 1.79 bits per heavy atom. The van der Waals surface area contributed by atoms with Crippen molar-refractivity contribution in [2.45, 2.75) is 109 Å². The minimum absolute atomic E-state index is 0. The summed E-state index contributed by atoms with van der Waals surface area (Å²) in [6.07, 6.45) is 10.3. The van der Waals surface area contributed by atoms with Crippen molar-refractivity contribution in [3.63, 3.8) is 0 Å². The van der Waals surface area contributed by atoms with E-state index in [1.54, 1.807) is 0 Å². The van der Waals surface area contributed by atoms with Gasteiger partial charge in [-0.05, 0) is 55.2 Å². The minimum atomic E-state index is -4.46. The lowest BCUT2D eigenvalue weighted by Gasteiger charge is -2.39.